The molecule has 0 spiro atoms. The van der Waals surface area contributed by atoms with Gasteiger partial charge in [0.25, 0.3) is 0 Å². The van der Waals surface area contributed by atoms with E-state index in [2.05, 4.69) is 20.3 Å². The van der Waals surface area contributed by atoms with Gasteiger partial charge in [-0.1, -0.05) is 56.0 Å². The largest absolute Gasteiger partial charge is 0.465 e. The number of benzene rings is 1. The molecule has 3 heterocycles. The first kappa shape index (κ1) is 24.4. The Kier molecular flexibility index (Phi) is 6.53. The summed E-state index contributed by atoms with van der Waals surface area (Å²) in [5.41, 5.74) is 5.88. The van der Waals surface area contributed by atoms with Crippen LogP contribution in [0, 0.1) is 17.0 Å². The molecule has 0 radical (unpaired) electrons. The summed E-state index contributed by atoms with van der Waals surface area (Å²) in [6, 6.07) is 2.75. The zero-order valence-corrected chi connectivity index (χ0v) is 20.3. The van der Waals surface area contributed by atoms with Gasteiger partial charge < -0.3 is 26.2 Å². The average Bonchev–Trinajstić information content (AvgIpc) is 3.28. The van der Waals surface area contributed by atoms with Crippen LogP contribution in [0.4, 0.5) is 24.5 Å². The second-order valence-electron chi connectivity index (χ2n) is 9.04. The lowest BCUT2D eigenvalue weighted by Crippen LogP contribution is -2.50. The maximum absolute atomic E-state index is 14.1. The van der Waals surface area contributed by atoms with Crippen LogP contribution in [0.15, 0.2) is 23.4 Å². The number of aliphatic hydroxyl groups is 1. The zero-order valence-electron chi connectivity index (χ0n) is 18.6. The number of thiazole rings is 1. The van der Waals surface area contributed by atoms with Crippen molar-refractivity contribution in [1.82, 2.24) is 19.9 Å². The van der Waals surface area contributed by atoms with Crippen molar-refractivity contribution < 1.29 is 23.8 Å². The Morgan fingerprint density at radius 3 is 2.74 bits per heavy atom. The molecular weight excluding hydrogens is 486 g/mol. The highest BCUT2D eigenvalue weighted by molar-refractivity contribution is 7.98. The highest BCUT2D eigenvalue weighted by Gasteiger charge is 2.49. The van der Waals surface area contributed by atoms with Crippen LogP contribution >= 0.6 is 23.1 Å². The molecule has 182 valence electrons. The number of aromatic nitrogens is 3. The number of amides is 1. The van der Waals surface area contributed by atoms with E-state index in [0.717, 1.165) is 29.2 Å². The number of halogens is 2. The third kappa shape index (κ3) is 4.72. The number of hydrogen-bond acceptors (Lipinski definition) is 9. The predicted octanol–water partition coefficient (Wildman–Crippen LogP) is 3.79. The number of nitrogens with zero attached hydrogens (tertiary/aromatic N) is 4. The van der Waals surface area contributed by atoms with E-state index in [4.69, 9.17) is 5.73 Å². The molecule has 3 aromatic rings. The topological polar surface area (TPSA) is 137 Å². The second kappa shape index (κ2) is 9.12. The van der Waals surface area contributed by atoms with Gasteiger partial charge in [-0.2, -0.15) is 0 Å². The van der Waals surface area contributed by atoms with E-state index in [0.29, 0.717) is 16.2 Å². The van der Waals surface area contributed by atoms with Crippen molar-refractivity contribution in [3.63, 3.8) is 0 Å². The molecule has 5 N–H and O–H groups in total. The van der Waals surface area contributed by atoms with Gasteiger partial charge in [-0.3, -0.25) is 0 Å². The number of fused-ring (bicyclic) bond motifs is 1. The van der Waals surface area contributed by atoms with Crippen molar-refractivity contribution in [3.8, 4) is 0 Å². The highest BCUT2D eigenvalue weighted by atomic mass is 32.2. The summed E-state index contributed by atoms with van der Waals surface area (Å²) in [4.78, 5) is 26.2. The molecule has 1 aliphatic heterocycles. The first-order valence-electron chi connectivity index (χ1n) is 10.4. The van der Waals surface area contributed by atoms with E-state index in [9.17, 15) is 23.8 Å². The molecule has 0 saturated carbocycles. The summed E-state index contributed by atoms with van der Waals surface area (Å²) in [6.45, 7) is 5.65. The number of nitrogens with one attached hydrogen (secondary N) is 1. The number of thioether (sulfide) groups is 1. The van der Waals surface area contributed by atoms with E-state index >= 15 is 0 Å². The lowest BCUT2D eigenvalue weighted by molar-refractivity contribution is 0.103. The highest BCUT2D eigenvalue weighted by Crippen LogP contribution is 2.37. The Morgan fingerprint density at radius 1 is 1.32 bits per heavy atom. The fourth-order valence-corrected chi connectivity index (χ4v) is 5.69. The van der Waals surface area contributed by atoms with Crippen molar-refractivity contribution >= 4 is 50.5 Å². The van der Waals surface area contributed by atoms with Crippen LogP contribution in [0.25, 0.3) is 10.3 Å². The number of carboxylic acid groups (broad SMARTS) is 1. The molecule has 2 aromatic heterocycles. The summed E-state index contributed by atoms with van der Waals surface area (Å²) in [5, 5.41) is 24.1. The molecule has 3 atom stereocenters. The van der Waals surface area contributed by atoms with Crippen LogP contribution in [-0.4, -0.2) is 60.9 Å². The van der Waals surface area contributed by atoms with Crippen LogP contribution in [0.3, 0.4) is 0 Å². The van der Waals surface area contributed by atoms with Crippen molar-refractivity contribution in [2.45, 2.75) is 49.9 Å². The summed E-state index contributed by atoms with van der Waals surface area (Å²) >= 11 is 2.25. The summed E-state index contributed by atoms with van der Waals surface area (Å²) in [7, 11) is 0. The number of hydrogen-bond donors (Lipinski definition) is 4. The van der Waals surface area contributed by atoms with Crippen molar-refractivity contribution in [2.24, 2.45) is 5.41 Å². The van der Waals surface area contributed by atoms with Gasteiger partial charge in [0.05, 0.1) is 24.7 Å². The maximum Gasteiger partial charge on any atom is 0.407 e. The predicted molar refractivity (Wildman–Crippen MR) is 127 cm³/mol. The van der Waals surface area contributed by atoms with E-state index in [1.54, 1.807) is 0 Å². The van der Waals surface area contributed by atoms with E-state index in [1.807, 2.05) is 20.8 Å². The van der Waals surface area contributed by atoms with Gasteiger partial charge >= 0.3 is 6.09 Å². The minimum atomic E-state index is -1.12. The third-order valence-electron chi connectivity index (χ3n) is 5.55. The van der Waals surface area contributed by atoms with E-state index in [1.165, 1.54) is 17.0 Å². The normalized spacial score (nSPS) is 20.8. The molecule has 1 unspecified atom stereocenters. The first-order chi connectivity index (χ1) is 16.0. The lowest BCUT2D eigenvalue weighted by Gasteiger charge is -2.37. The Morgan fingerprint density at radius 2 is 2.06 bits per heavy atom. The number of likely N-dealkylation sites (tertiary alicyclic amines) is 1. The molecule has 0 bridgehead atoms. The van der Waals surface area contributed by atoms with Crippen LogP contribution in [0.2, 0.25) is 0 Å². The Hall–Kier alpha value is -2.77. The molecule has 1 fully saturated rings. The smallest absolute Gasteiger partial charge is 0.407 e. The zero-order chi connectivity index (χ0) is 24.8. The Labute approximate surface area is 202 Å². The van der Waals surface area contributed by atoms with Gasteiger partial charge in [-0.05, 0) is 11.5 Å². The van der Waals surface area contributed by atoms with Crippen LogP contribution in [0.1, 0.15) is 26.3 Å². The number of rotatable bonds is 5. The second-order valence-corrected chi connectivity index (χ2v) is 11.0. The van der Waals surface area contributed by atoms with Gasteiger partial charge in [-0.25, -0.2) is 28.5 Å². The molecule has 1 aromatic carbocycles. The summed E-state index contributed by atoms with van der Waals surface area (Å²) in [6.07, 6.45) is -2.10. The monoisotopic (exact) mass is 510 g/mol. The molecule has 4 rings (SSSR count). The molecule has 1 saturated heterocycles. The minimum absolute atomic E-state index is 0.0472. The molecule has 1 amide bonds. The van der Waals surface area contributed by atoms with Crippen molar-refractivity contribution in [3.05, 3.63) is 35.4 Å². The maximum atomic E-state index is 14.1. The summed E-state index contributed by atoms with van der Waals surface area (Å²) < 4.78 is 28.2. The summed E-state index contributed by atoms with van der Waals surface area (Å²) in [5.74, 6) is -1.44. The average molecular weight is 511 g/mol. The van der Waals surface area contributed by atoms with E-state index in [-0.39, 0.29) is 28.1 Å². The van der Waals surface area contributed by atoms with Crippen LogP contribution in [0.5, 0.6) is 0 Å². The standard InChI is InChI=1S/C21H24F2N6O3S2/c1-21(2,3)15-13(11(30)7-29(15)20(31)32)25-16-14-17(26-18(24)34-14)28-19(27-16)33-8-9-5-4-6-10(22)12(9)23/h4-6,11,13,15,30H,7-8H2,1-3H3,(H,31,32)(H3,24,25,26,27,28)/t11-,13+,15?/m1/s1. The van der Waals surface area contributed by atoms with Gasteiger partial charge in [0, 0.05) is 11.3 Å². The van der Waals surface area contributed by atoms with Gasteiger partial charge in [-0.15, -0.1) is 0 Å². The molecule has 0 aliphatic carbocycles. The molecule has 13 heteroatoms. The number of nitrogen functional groups attached to an aromatic ring is 1. The molecular formula is C21H24F2N6O3S2. The van der Waals surface area contributed by atoms with Gasteiger partial charge in [0.1, 0.15) is 4.70 Å². The van der Waals surface area contributed by atoms with Gasteiger partial charge in [0.15, 0.2) is 33.4 Å². The Bertz CT molecular complexity index is 1240. The van der Waals surface area contributed by atoms with E-state index < -0.39 is 41.3 Å². The molecule has 9 nitrogen and oxygen atoms in total. The Balaban J connectivity index is 1.68. The van der Waals surface area contributed by atoms with Crippen molar-refractivity contribution in [1.29, 1.82) is 0 Å². The number of aliphatic hydroxyl groups excluding tert-OH is 1. The first-order valence-corrected chi connectivity index (χ1v) is 12.2. The fraction of sp³-hybridized carbons (Fsp3) is 0.429. The number of nitrogens with two attached hydrogens (primary N) is 1. The van der Waals surface area contributed by atoms with Crippen molar-refractivity contribution in [2.75, 3.05) is 17.6 Å². The van der Waals surface area contributed by atoms with Crippen LogP contribution in [-0.2, 0) is 5.75 Å². The number of anilines is 2. The SMILES string of the molecule is CC(C)(C)C1[C@@H](Nc2nc(SCc3cccc(F)c3F)nc3nc(N)sc23)[C@H](O)CN1C(=O)O. The molecule has 1 aliphatic rings. The quantitative estimate of drug-likeness (QED) is 0.298. The fourth-order valence-electron chi connectivity index (χ4n) is 4.15. The lowest BCUT2D eigenvalue weighted by atomic mass is 9.82. The number of β-amino-alcohol motifs (C(OH)–C–C–N with tert-alkyl or cyclic N) is 1. The van der Waals surface area contributed by atoms with Crippen LogP contribution < -0.4 is 11.1 Å². The molecule has 34 heavy (non-hydrogen) atoms. The third-order valence-corrected chi connectivity index (χ3v) is 7.33. The van der Waals surface area contributed by atoms with Gasteiger partial charge in [0.2, 0.25) is 0 Å². The minimum Gasteiger partial charge on any atom is -0.465 e. The number of carbonyl (C=O) groups is 1.